The summed E-state index contributed by atoms with van der Waals surface area (Å²) in [6.45, 7) is 5.47. The molecule has 0 aliphatic rings. The Morgan fingerprint density at radius 3 is 2.56 bits per heavy atom. The number of aryl methyl sites for hydroxylation is 1. The molecule has 1 heterocycles. The van der Waals surface area contributed by atoms with Crippen molar-refractivity contribution in [2.24, 2.45) is 0 Å². The first kappa shape index (κ1) is 17.5. The van der Waals surface area contributed by atoms with Crippen LogP contribution < -0.4 is 0 Å². The highest BCUT2D eigenvalue weighted by atomic mass is 32.2. The summed E-state index contributed by atoms with van der Waals surface area (Å²) < 4.78 is 0. The molecule has 0 radical (unpaired) electrons. The predicted molar refractivity (Wildman–Crippen MR) is 105 cm³/mol. The third kappa shape index (κ3) is 4.40. The Labute approximate surface area is 153 Å². The van der Waals surface area contributed by atoms with Gasteiger partial charge < -0.3 is 4.90 Å². The van der Waals surface area contributed by atoms with Crippen molar-refractivity contribution in [2.45, 2.75) is 25.4 Å². The van der Waals surface area contributed by atoms with Crippen LogP contribution in [0.15, 0.2) is 65.7 Å². The van der Waals surface area contributed by atoms with Gasteiger partial charge in [0.25, 0.3) is 0 Å². The molecule has 3 aromatic rings. The molecule has 128 valence electrons. The minimum atomic E-state index is 0.143. The predicted octanol–water partition coefficient (Wildman–Crippen LogP) is 4.68. The Bertz CT molecular complexity index is 864. The minimum Gasteiger partial charge on any atom is -0.338 e. The number of fused-ring (bicyclic) bond motifs is 1. The number of benzene rings is 2. The van der Waals surface area contributed by atoms with Gasteiger partial charge in [0.15, 0.2) is 0 Å². The van der Waals surface area contributed by atoms with E-state index >= 15 is 0 Å². The molecule has 4 heteroatoms. The molecule has 0 fully saturated rings. The van der Waals surface area contributed by atoms with Crippen molar-refractivity contribution in [1.82, 2.24) is 9.88 Å². The van der Waals surface area contributed by atoms with Crippen molar-refractivity contribution < 1.29 is 4.79 Å². The van der Waals surface area contributed by atoms with Crippen LogP contribution in [0, 0.1) is 6.92 Å². The second-order valence-electron chi connectivity index (χ2n) is 5.98. The molecule has 25 heavy (non-hydrogen) atoms. The molecule has 3 nitrogen and oxygen atoms in total. The Balaban J connectivity index is 1.66. The maximum Gasteiger partial charge on any atom is 0.233 e. The van der Waals surface area contributed by atoms with E-state index in [-0.39, 0.29) is 5.91 Å². The quantitative estimate of drug-likeness (QED) is 0.605. The van der Waals surface area contributed by atoms with Gasteiger partial charge in [-0.05, 0) is 37.1 Å². The van der Waals surface area contributed by atoms with Gasteiger partial charge in [-0.15, -0.1) is 0 Å². The molecule has 0 saturated heterocycles. The largest absolute Gasteiger partial charge is 0.338 e. The molecule has 0 saturated carbocycles. The average Bonchev–Trinajstić information content (AvgIpc) is 2.65. The van der Waals surface area contributed by atoms with E-state index in [0.717, 1.165) is 21.5 Å². The number of amides is 1. The van der Waals surface area contributed by atoms with E-state index in [4.69, 9.17) is 0 Å². The molecule has 0 aliphatic heterocycles. The summed E-state index contributed by atoms with van der Waals surface area (Å²) >= 11 is 1.51. The lowest BCUT2D eigenvalue weighted by Crippen LogP contribution is -2.31. The van der Waals surface area contributed by atoms with Crippen molar-refractivity contribution in [3.63, 3.8) is 0 Å². The van der Waals surface area contributed by atoms with Crippen LogP contribution in [0.1, 0.15) is 18.1 Å². The molecule has 1 amide bonds. The van der Waals surface area contributed by atoms with Crippen LogP contribution in [0.4, 0.5) is 0 Å². The number of carbonyl (C=O) groups is 1. The van der Waals surface area contributed by atoms with E-state index < -0.39 is 0 Å². The zero-order chi connectivity index (χ0) is 17.6. The van der Waals surface area contributed by atoms with Gasteiger partial charge in [0.05, 0.1) is 16.3 Å². The topological polar surface area (TPSA) is 33.2 Å². The number of thioether (sulfide) groups is 1. The maximum absolute atomic E-state index is 12.6. The van der Waals surface area contributed by atoms with Gasteiger partial charge in [-0.3, -0.25) is 4.79 Å². The van der Waals surface area contributed by atoms with E-state index in [0.29, 0.717) is 18.8 Å². The van der Waals surface area contributed by atoms with Gasteiger partial charge in [-0.1, -0.05) is 60.3 Å². The summed E-state index contributed by atoms with van der Waals surface area (Å²) in [5, 5.41) is 2.07. The first-order valence-corrected chi connectivity index (χ1v) is 9.47. The zero-order valence-electron chi connectivity index (χ0n) is 14.6. The molecule has 2 aromatic carbocycles. The third-order valence-electron chi connectivity index (χ3n) is 4.19. The fourth-order valence-corrected chi connectivity index (χ4v) is 3.68. The Kier molecular flexibility index (Phi) is 5.71. The van der Waals surface area contributed by atoms with E-state index in [1.165, 1.54) is 17.3 Å². The van der Waals surface area contributed by atoms with Crippen LogP contribution in [0.3, 0.4) is 0 Å². The van der Waals surface area contributed by atoms with Gasteiger partial charge in [-0.25, -0.2) is 4.98 Å². The average molecular weight is 350 g/mol. The second kappa shape index (κ2) is 8.17. The van der Waals surface area contributed by atoms with Crippen LogP contribution in [-0.2, 0) is 11.3 Å². The Morgan fingerprint density at radius 2 is 1.80 bits per heavy atom. The molecule has 0 N–H and O–H groups in total. The standard InChI is InChI=1S/C21H22N2OS/c1-3-23(14-17-9-5-4-6-10-17)21(24)15-25-20-13-16(2)18-11-7-8-12-19(18)22-20/h4-13H,3,14-15H2,1-2H3. The lowest BCUT2D eigenvalue weighted by Gasteiger charge is -2.20. The summed E-state index contributed by atoms with van der Waals surface area (Å²) in [7, 11) is 0. The maximum atomic E-state index is 12.6. The first-order valence-electron chi connectivity index (χ1n) is 8.48. The minimum absolute atomic E-state index is 0.143. The molecule has 0 aliphatic carbocycles. The monoisotopic (exact) mass is 350 g/mol. The molecular formula is C21H22N2OS. The summed E-state index contributed by atoms with van der Waals surface area (Å²) in [5.41, 5.74) is 3.33. The van der Waals surface area contributed by atoms with Gasteiger partial charge in [-0.2, -0.15) is 0 Å². The Hall–Kier alpha value is -2.33. The number of nitrogens with zero attached hydrogens (tertiary/aromatic N) is 2. The summed E-state index contributed by atoms with van der Waals surface area (Å²) in [5.74, 6) is 0.551. The highest BCUT2D eigenvalue weighted by Crippen LogP contribution is 2.24. The number of pyridine rings is 1. The van der Waals surface area contributed by atoms with Gasteiger partial charge in [0.1, 0.15) is 0 Å². The highest BCUT2D eigenvalue weighted by Gasteiger charge is 2.13. The fourth-order valence-electron chi connectivity index (χ4n) is 2.80. The number of hydrogen-bond acceptors (Lipinski definition) is 3. The molecule has 0 atom stereocenters. The SMILES string of the molecule is CCN(Cc1ccccc1)C(=O)CSc1cc(C)c2ccccc2n1. The van der Waals surface area contributed by atoms with E-state index in [9.17, 15) is 4.79 Å². The van der Waals surface area contributed by atoms with Gasteiger partial charge >= 0.3 is 0 Å². The van der Waals surface area contributed by atoms with Crippen LogP contribution in [0.2, 0.25) is 0 Å². The molecular weight excluding hydrogens is 328 g/mol. The van der Waals surface area contributed by atoms with Crippen molar-refractivity contribution in [3.8, 4) is 0 Å². The van der Waals surface area contributed by atoms with Crippen LogP contribution in [-0.4, -0.2) is 28.1 Å². The normalized spacial score (nSPS) is 10.8. The summed E-state index contributed by atoms with van der Waals surface area (Å²) in [4.78, 5) is 19.1. The van der Waals surface area contributed by atoms with Crippen molar-refractivity contribution in [1.29, 1.82) is 0 Å². The first-order chi connectivity index (χ1) is 12.2. The Morgan fingerprint density at radius 1 is 1.08 bits per heavy atom. The summed E-state index contributed by atoms with van der Waals surface area (Å²) in [6.07, 6.45) is 0. The smallest absolute Gasteiger partial charge is 0.233 e. The van der Waals surface area contributed by atoms with E-state index in [1.807, 2.05) is 48.2 Å². The molecule has 3 rings (SSSR count). The molecule has 1 aromatic heterocycles. The van der Waals surface area contributed by atoms with Gasteiger partial charge in [0.2, 0.25) is 5.91 Å². The molecule has 0 unspecified atom stereocenters. The van der Waals surface area contributed by atoms with Crippen LogP contribution in [0.5, 0.6) is 0 Å². The van der Waals surface area contributed by atoms with Crippen molar-refractivity contribution >= 4 is 28.6 Å². The number of para-hydroxylation sites is 1. The van der Waals surface area contributed by atoms with Crippen molar-refractivity contribution in [3.05, 3.63) is 71.8 Å². The number of aromatic nitrogens is 1. The van der Waals surface area contributed by atoms with E-state index in [2.05, 4.69) is 36.2 Å². The zero-order valence-corrected chi connectivity index (χ0v) is 15.4. The molecule has 0 bridgehead atoms. The van der Waals surface area contributed by atoms with E-state index in [1.54, 1.807) is 0 Å². The lowest BCUT2D eigenvalue weighted by molar-refractivity contribution is -0.128. The summed E-state index contributed by atoms with van der Waals surface area (Å²) in [6, 6.07) is 20.3. The molecule has 0 spiro atoms. The van der Waals surface area contributed by atoms with Crippen LogP contribution in [0.25, 0.3) is 10.9 Å². The second-order valence-corrected chi connectivity index (χ2v) is 6.97. The van der Waals surface area contributed by atoms with Crippen LogP contribution >= 0.6 is 11.8 Å². The third-order valence-corrected chi connectivity index (χ3v) is 5.09. The van der Waals surface area contributed by atoms with Gasteiger partial charge in [0, 0.05) is 18.5 Å². The number of hydrogen-bond donors (Lipinski definition) is 0. The number of rotatable bonds is 6. The number of carbonyl (C=O) groups excluding carboxylic acids is 1. The van der Waals surface area contributed by atoms with Crippen molar-refractivity contribution in [2.75, 3.05) is 12.3 Å². The fraction of sp³-hybridized carbons (Fsp3) is 0.238. The highest BCUT2D eigenvalue weighted by molar-refractivity contribution is 7.99. The lowest BCUT2D eigenvalue weighted by atomic mass is 10.1.